The van der Waals surface area contributed by atoms with Crippen LogP contribution in [0.3, 0.4) is 0 Å². The molecule has 23 heavy (non-hydrogen) atoms. The standard InChI is InChI=1S/C16H16N2O2S3/c1-11-4-3-5-13(8-11)18-23(19,20)10-21-16-17-14-9-12(2)6-7-15(14)22-16/h3-9,18H,10H2,1-2H3. The largest absolute Gasteiger partial charge is 0.283 e. The average molecular weight is 365 g/mol. The molecule has 0 aliphatic carbocycles. The monoisotopic (exact) mass is 364 g/mol. The number of rotatable bonds is 5. The second-order valence-corrected chi connectivity index (χ2v) is 9.64. The van der Waals surface area contributed by atoms with E-state index in [4.69, 9.17) is 0 Å². The molecule has 1 aromatic heterocycles. The fourth-order valence-corrected chi connectivity index (χ4v) is 5.65. The number of benzene rings is 2. The lowest BCUT2D eigenvalue weighted by molar-refractivity contribution is 0.605. The van der Waals surface area contributed by atoms with Gasteiger partial charge >= 0.3 is 0 Å². The number of aromatic nitrogens is 1. The van der Waals surface area contributed by atoms with E-state index in [1.54, 1.807) is 6.07 Å². The highest BCUT2D eigenvalue weighted by molar-refractivity contribution is 8.13. The Morgan fingerprint density at radius 3 is 2.70 bits per heavy atom. The summed E-state index contributed by atoms with van der Waals surface area (Å²) in [7, 11) is -3.42. The van der Waals surface area contributed by atoms with Crippen molar-refractivity contribution in [3.63, 3.8) is 0 Å². The third kappa shape index (κ3) is 4.25. The number of fused-ring (bicyclic) bond motifs is 1. The van der Waals surface area contributed by atoms with Gasteiger partial charge in [0.15, 0.2) is 4.34 Å². The first-order valence-electron chi connectivity index (χ1n) is 6.98. The van der Waals surface area contributed by atoms with E-state index in [-0.39, 0.29) is 5.08 Å². The summed E-state index contributed by atoms with van der Waals surface area (Å²) in [5, 5.41) is -0.0558. The van der Waals surface area contributed by atoms with Gasteiger partial charge in [0, 0.05) is 5.69 Å². The van der Waals surface area contributed by atoms with Crippen LogP contribution in [0.5, 0.6) is 0 Å². The minimum Gasteiger partial charge on any atom is -0.283 e. The highest BCUT2D eigenvalue weighted by atomic mass is 32.3. The van der Waals surface area contributed by atoms with E-state index in [1.807, 2.05) is 50.2 Å². The SMILES string of the molecule is Cc1cccc(NS(=O)(=O)CSc2nc3cc(C)ccc3s2)c1. The molecular weight excluding hydrogens is 348 g/mol. The number of hydrogen-bond acceptors (Lipinski definition) is 5. The van der Waals surface area contributed by atoms with Gasteiger partial charge in [-0.2, -0.15) is 0 Å². The van der Waals surface area contributed by atoms with Gasteiger partial charge in [-0.05, 0) is 49.2 Å². The van der Waals surface area contributed by atoms with Crippen molar-refractivity contribution < 1.29 is 8.42 Å². The van der Waals surface area contributed by atoms with Crippen molar-refractivity contribution in [1.82, 2.24) is 4.98 Å². The molecule has 0 saturated carbocycles. The summed E-state index contributed by atoms with van der Waals surface area (Å²) in [4.78, 5) is 4.49. The molecule has 4 nitrogen and oxygen atoms in total. The molecule has 0 aliphatic rings. The van der Waals surface area contributed by atoms with Crippen LogP contribution in [0.15, 0.2) is 46.8 Å². The normalized spacial score (nSPS) is 11.7. The number of anilines is 1. The van der Waals surface area contributed by atoms with Gasteiger partial charge in [-0.3, -0.25) is 4.72 Å². The van der Waals surface area contributed by atoms with E-state index >= 15 is 0 Å². The van der Waals surface area contributed by atoms with Crippen LogP contribution in [-0.2, 0) is 10.0 Å². The molecule has 0 amide bonds. The van der Waals surface area contributed by atoms with Gasteiger partial charge in [-0.15, -0.1) is 11.3 Å². The van der Waals surface area contributed by atoms with Gasteiger partial charge in [0.2, 0.25) is 10.0 Å². The molecule has 1 N–H and O–H groups in total. The summed E-state index contributed by atoms with van der Waals surface area (Å²) in [5.41, 5.74) is 3.67. The second-order valence-electron chi connectivity index (χ2n) is 5.30. The predicted octanol–water partition coefficient (Wildman–Crippen LogP) is 4.40. The zero-order valence-electron chi connectivity index (χ0n) is 12.7. The van der Waals surface area contributed by atoms with Crippen molar-refractivity contribution in [2.45, 2.75) is 18.2 Å². The Balaban J connectivity index is 1.70. The first-order valence-corrected chi connectivity index (χ1v) is 10.4. The third-order valence-corrected chi connectivity index (χ3v) is 7.18. The summed E-state index contributed by atoms with van der Waals surface area (Å²) in [6, 6.07) is 13.4. The number of sulfonamides is 1. The van der Waals surface area contributed by atoms with E-state index < -0.39 is 10.0 Å². The fourth-order valence-electron chi connectivity index (χ4n) is 2.12. The molecule has 0 spiro atoms. The molecule has 0 unspecified atom stereocenters. The molecule has 3 rings (SSSR count). The van der Waals surface area contributed by atoms with Crippen LogP contribution in [-0.4, -0.2) is 18.5 Å². The Morgan fingerprint density at radius 1 is 1.13 bits per heavy atom. The van der Waals surface area contributed by atoms with Crippen molar-refractivity contribution in [3.8, 4) is 0 Å². The molecule has 0 bridgehead atoms. The van der Waals surface area contributed by atoms with Crippen LogP contribution < -0.4 is 4.72 Å². The van der Waals surface area contributed by atoms with Gasteiger partial charge in [0.05, 0.1) is 10.2 Å². The van der Waals surface area contributed by atoms with Crippen molar-refractivity contribution in [3.05, 3.63) is 53.6 Å². The van der Waals surface area contributed by atoms with Crippen LogP contribution in [0.1, 0.15) is 11.1 Å². The lowest BCUT2D eigenvalue weighted by Crippen LogP contribution is -2.14. The van der Waals surface area contributed by atoms with Crippen LogP contribution in [0.4, 0.5) is 5.69 Å². The molecule has 0 saturated heterocycles. The van der Waals surface area contributed by atoms with Crippen molar-refractivity contribution in [2.24, 2.45) is 0 Å². The van der Waals surface area contributed by atoms with Crippen LogP contribution in [0.2, 0.25) is 0 Å². The molecule has 0 radical (unpaired) electrons. The quantitative estimate of drug-likeness (QED) is 0.682. The van der Waals surface area contributed by atoms with Crippen molar-refractivity contribution in [1.29, 1.82) is 0 Å². The number of aryl methyl sites for hydroxylation is 2. The molecule has 7 heteroatoms. The van der Waals surface area contributed by atoms with Gasteiger partial charge in [0.1, 0.15) is 5.08 Å². The Labute approximate surface area is 144 Å². The first kappa shape index (κ1) is 16.3. The number of nitrogens with one attached hydrogen (secondary N) is 1. The van der Waals surface area contributed by atoms with Crippen LogP contribution >= 0.6 is 23.1 Å². The van der Waals surface area contributed by atoms with Gasteiger partial charge < -0.3 is 0 Å². The highest BCUT2D eigenvalue weighted by Gasteiger charge is 2.13. The van der Waals surface area contributed by atoms with Crippen LogP contribution in [0.25, 0.3) is 10.2 Å². The number of nitrogens with zero attached hydrogens (tertiary/aromatic N) is 1. The summed E-state index contributed by atoms with van der Waals surface area (Å²) in [6.07, 6.45) is 0. The maximum atomic E-state index is 12.2. The van der Waals surface area contributed by atoms with E-state index in [0.717, 1.165) is 25.7 Å². The van der Waals surface area contributed by atoms with Crippen molar-refractivity contribution >= 4 is 49.0 Å². The molecule has 0 aliphatic heterocycles. The van der Waals surface area contributed by atoms with Crippen LogP contribution in [0, 0.1) is 13.8 Å². The van der Waals surface area contributed by atoms with Gasteiger partial charge in [0.25, 0.3) is 0 Å². The molecule has 2 aromatic carbocycles. The van der Waals surface area contributed by atoms with Gasteiger partial charge in [-0.1, -0.05) is 30.0 Å². The zero-order valence-corrected chi connectivity index (χ0v) is 15.2. The summed E-state index contributed by atoms with van der Waals surface area (Å²) in [6.45, 7) is 3.94. The molecule has 0 atom stereocenters. The minimum atomic E-state index is -3.42. The zero-order chi connectivity index (χ0) is 16.4. The first-order chi connectivity index (χ1) is 10.9. The number of thiazole rings is 1. The Hall–Kier alpha value is -1.57. The smallest absolute Gasteiger partial charge is 0.242 e. The van der Waals surface area contributed by atoms with E-state index in [2.05, 4.69) is 9.71 Å². The fraction of sp³-hybridized carbons (Fsp3) is 0.188. The van der Waals surface area contributed by atoms with E-state index in [9.17, 15) is 8.42 Å². The molecular formula is C16H16N2O2S3. The van der Waals surface area contributed by atoms with Gasteiger partial charge in [-0.25, -0.2) is 13.4 Å². The summed E-state index contributed by atoms with van der Waals surface area (Å²) in [5.74, 6) is 0. The second kappa shape index (κ2) is 6.51. The molecule has 120 valence electrons. The lowest BCUT2D eigenvalue weighted by Gasteiger charge is -2.07. The Kier molecular flexibility index (Phi) is 4.61. The maximum absolute atomic E-state index is 12.2. The highest BCUT2D eigenvalue weighted by Crippen LogP contribution is 2.31. The van der Waals surface area contributed by atoms with Crippen molar-refractivity contribution in [2.75, 3.05) is 9.81 Å². The van der Waals surface area contributed by atoms with E-state index in [1.165, 1.54) is 23.1 Å². The number of thioether (sulfide) groups is 1. The summed E-state index contributed by atoms with van der Waals surface area (Å²) < 4.78 is 28.8. The molecule has 1 heterocycles. The minimum absolute atomic E-state index is 0.0558. The summed E-state index contributed by atoms with van der Waals surface area (Å²) >= 11 is 2.75. The molecule has 3 aromatic rings. The topological polar surface area (TPSA) is 59.1 Å². The Bertz CT molecular complexity index is 949. The third-order valence-electron chi connectivity index (χ3n) is 3.15. The Morgan fingerprint density at radius 2 is 1.91 bits per heavy atom. The average Bonchev–Trinajstić information content (AvgIpc) is 2.87. The maximum Gasteiger partial charge on any atom is 0.242 e. The predicted molar refractivity (Wildman–Crippen MR) is 98.8 cm³/mol. The lowest BCUT2D eigenvalue weighted by atomic mass is 10.2. The van der Waals surface area contributed by atoms with E-state index in [0.29, 0.717) is 5.69 Å². The molecule has 0 fully saturated rings. The number of hydrogen-bond donors (Lipinski definition) is 1.